The van der Waals surface area contributed by atoms with Crippen LogP contribution in [-0.2, 0) is 5.41 Å². The Morgan fingerprint density at radius 1 is 1.42 bits per heavy atom. The van der Waals surface area contributed by atoms with Gasteiger partial charge in [-0.2, -0.15) is 0 Å². The SMILES string of the molecule is CCC1(c2nc3c(C)cc(Br)cc3[nH]2)CCCNC1. The Bertz CT molecular complexity index is 597. The summed E-state index contributed by atoms with van der Waals surface area (Å²) in [7, 11) is 0. The summed E-state index contributed by atoms with van der Waals surface area (Å²) in [5, 5.41) is 3.53. The molecule has 1 aliphatic rings. The van der Waals surface area contributed by atoms with Crippen molar-refractivity contribution in [3.8, 4) is 0 Å². The van der Waals surface area contributed by atoms with Gasteiger partial charge in [0, 0.05) is 16.4 Å². The minimum Gasteiger partial charge on any atom is -0.341 e. The fourth-order valence-corrected chi connectivity index (χ4v) is 3.71. The molecule has 102 valence electrons. The largest absolute Gasteiger partial charge is 0.341 e. The Kier molecular flexibility index (Phi) is 3.39. The Morgan fingerprint density at radius 2 is 2.26 bits per heavy atom. The van der Waals surface area contributed by atoms with E-state index in [0.717, 1.165) is 40.8 Å². The molecule has 1 aromatic carbocycles. The molecule has 2 N–H and O–H groups in total. The van der Waals surface area contributed by atoms with E-state index in [1.54, 1.807) is 0 Å². The van der Waals surface area contributed by atoms with E-state index in [4.69, 9.17) is 4.98 Å². The first kappa shape index (κ1) is 13.1. The monoisotopic (exact) mass is 321 g/mol. The number of piperidine rings is 1. The molecule has 4 heteroatoms. The third-order valence-electron chi connectivity index (χ3n) is 4.39. The summed E-state index contributed by atoms with van der Waals surface area (Å²) in [5.41, 5.74) is 3.65. The molecule has 0 saturated carbocycles. The number of fused-ring (bicyclic) bond motifs is 1. The molecule has 1 saturated heterocycles. The number of halogens is 1. The van der Waals surface area contributed by atoms with Gasteiger partial charge >= 0.3 is 0 Å². The minimum absolute atomic E-state index is 0.177. The van der Waals surface area contributed by atoms with Crippen LogP contribution in [-0.4, -0.2) is 23.1 Å². The van der Waals surface area contributed by atoms with Gasteiger partial charge in [0.15, 0.2) is 0 Å². The van der Waals surface area contributed by atoms with Crippen molar-refractivity contribution in [3.63, 3.8) is 0 Å². The number of hydrogen-bond acceptors (Lipinski definition) is 2. The number of nitrogens with zero attached hydrogens (tertiary/aromatic N) is 1. The van der Waals surface area contributed by atoms with Crippen LogP contribution in [0, 0.1) is 6.92 Å². The Balaban J connectivity index is 2.11. The Morgan fingerprint density at radius 3 is 2.95 bits per heavy atom. The molecule has 1 aliphatic heterocycles. The maximum absolute atomic E-state index is 4.90. The molecule has 0 radical (unpaired) electrons. The number of benzene rings is 1. The average Bonchev–Trinajstić information content (AvgIpc) is 2.84. The first-order valence-corrected chi connectivity index (χ1v) is 7.81. The van der Waals surface area contributed by atoms with Crippen LogP contribution < -0.4 is 5.32 Å². The van der Waals surface area contributed by atoms with Gasteiger partial charge in [-0.1, -0.05) is 22.9 Å². The lowest BCUT2D eigenvalue weighted by atomic mass is 9.77. The molecule has 19 heavy (non-hydrogen) atoms. The summed E-state index contributed by atoms with van der Waals surface area (Å²) in [4.78, 5) is 8.46. The number of H-pyrrole nitrogens is 1. The first-order valence-electron chi connectivity index (χ1n) is 7.02. The number of aromatic amines is 1. The van der Waals surface area contributed by atoms with Gasteiger partial charge in [0.2, 0.25) is 0 Å². The van der Waals surface area contributed by atoms with Gasteiger partial charge in [-0.25, -0.2) is 4.98 Å². The summed E-state index contributed by atoms with van der Waals surface area (Å²) in [6, 6.07) is 4.25. The summed E-state index contributed by atoms with van der Waals surface area (Å²) >= 11 is 3.56. The van der Waals surface area contributed by atoms with E-state index in [9.17, 15) is 0 Å². The molecular weight excluding hydrogens is 302 g/mol. The lowest BCUT2D eigenvalue weighted by molar-refractivity contribution is 0.290. The highest BCUT2D eigenvalue weighted by Gasteiger charge is 2.35. The third-order valence-corrected chi connectivity index (χ3v) is 4.85. The van der Waals surface area contributed by atoms with Crippen molar-refractivity contribution in [1.82, 2.24) is 15.3 Å². The van der Waals surface area contributed by atoms with Crippen molar-refractivity contribution in [2.75, 3.05) is 13.1 Å². The van der Waals surface area contributed by atoms with Crippen LogP contribution in [0.2, 0.25) is 0 Å². The molecule has 1 aromatic heterocycles. The van der Waals surface area contributed by atoms with Gasteiger partial charge in [0.1, 0.15) is 5.82 Å². The Hall–Kier alpha value is -0.870. The van der Waals surface area contributed by atoms with Crippen LogP contribution in [0.4, 0.5) is 0 Å². The van der Waals surface area contributed by atoms with Crippen LogP contribution in [0.3, 0.4) is 0 Å². The van der Waals surface area contributed by atoms with Crippen LogP contribution in [0.5, 0.6) is 0 Å². The number of rotatable bonds is 2. The molecule has 0 bridgehead atoms. The predicted octanol–water partition coefficient (Wildman–Crippen LogP) is 3.67. The third kappa shape index (κ3) is 2.21. The lowest BCUT2D eigenvalue weighted by Gasteiger charge is -2.35. The summed E-state index contributed by atoms with van der Waals surface area (Å²) < 4.78 is 1.11. The van der Waals surface area contributed by atoms with Crippen molar-refractivity contribution in [3.05, 3.63) is 28.0 Å². The van der Waals surface area contributed by atoms with Crippen LogP contribution in [0.25, 0.3) is 11.0 Å². The molecule has 1 fully saturated rings. The first-order chi connectivity index (χ1) is 9.14. The van der Waals surface area contributed by atoms with Gasteiger partial charge in [0.25, 0.3) is 0 Å². The maximum Gasteiger partial charge on any atom is 0.114 e. The highest BCUT2D eigenvalue weighted by Crippen LogP contribution is 2.34. The summed E-state index contributed by atoms with van der Waals surface area (Å²) in [5.74, 6) is 1.15. The molecule has 0 aliphatic carbocycles. The van der Waals surface area contributed by atoms with Crippen molar-refractivity contribution in [2.24, 2.45) is 0 Å². The number of aromatic nitrogens is 2. The van der Waals surface area contributed by atoms with E-state index >= 15 is 0 Å². The second-order valence-corrected chi connectivity index (χ2v) is 6.53. The second kappa shape index (κ2) is 4.91. The average molecular weight is 322 g/mol. The molecule has 3 nitrogen and oxygen atoms in total. The van der Waals surface area contributed by atoms with E-state index in [1.165, 1.54) is 18.4 Å². The minimum atomic E-state index is 0.177. The maximum atomic E-state index is 4.90. The smallest absolute Gasteiger partial charge is 0.114 e. The van der Waals surface area contributed by atoms with Crippen molar-refractivity contribution >= 4 is 27.0 Å². The van der Waals surface area contributed by atoms with E-state index in [0.29, 0.717) is 0 Å². The van der Waals surface area contributed by atoms with Gasteiger partial charge in [-0.15, -0.1) is 0 Å². The predicted molar refractivity (Wildman–Crippen MR) is 82.6 cm³/mol. The standard InChI is InChI=1S/C15H20BrN3/c1-3-15(5-4-6-17-9-15)14-18-12-8-11(16)7-10(2)13(12)19-14/h7-8,17H,3-6,9H2,1-2H3,(H,18,19). The fraction of sp³-hybridized carbons (Fsp3) is 0.533. The molecule has 0 spiro atoms. The highest BCUT2D eigenvalue weighted by molar-refractivity contribution is 9.10. The highest BCUT2D eigenvalue weighted by atomic mass is 79.9. The van der Waals surface area contributed by atoms with E-state index in [-0.39, 0.29) is 5.41 Å². The molecular formula is C15H20BrN3. The van der Waals surface area contributed by atoms with Gasteiger partial charge < -0.3 is 10.3 Å². The number of aryl methyl sites for hydroxylation is 1. The molecule has 1 atom stereocenters. The number of nitrogens with one attached hydrogen (secondary N) is 2. The normalized spacial score (nSPS) is 23.9. The zero-order valence-corrected chi connectivity index (χ0v) is 13.1. The van der Waals surface area contributed by atoms with Crippen LogP contribution >= 0.6 is 15.9 Å². The molecule has 0 amide bonds. The van der Waals surface area contributed by atoms with E-state index in [1.807, 2.05) is 0 Å². The molecule has 1 unspecified atom stereocenters. The fourth-order valence-electron chi connectivity index (χ4n) is 3.14. The van der Waals surface area contributed by atoms with Gasteiger partial charge in [-0.3, -0.25) is 0 Å². The topological polar surface area (TPSA) is 40.7 Å². The van der Waals surface area contributed by atoms with Crippen molar-refractivity contribution in [2.45, 2.75) is 38.5 Å². The molecule has 2 aromatic rings. The zero-order valence-electron chi connectivity index (χ0n) is 11.5. The number of hydrogen-bond donors (Lipinski definition) is 2. The van der Waals surface area contributed by atoms with Crippen molar-refractivity contribution < 1.29 is 0 Å². The molecule has 3 rings (SSSR count). The van der Waals surface area contributed by atoms with Gasteiger partial charge in [-0.05, 0) is 50.4 Å². The zero-order chi connectivity index (χ0) is 13.5. The molecule has 2 heterocycles. The Labute approximate surface area is 122 Å². The summed E-state index contributed by atoms with van der Waals surface area (Å²) in [6.45, 7) is 6.55. The number of imidazole rings is 1. The lowest BCUT2D eigenvalue weighted by Crippen LogP contribution is -2.43. The summed E-state index contributed by atoms with van der Waals surface area (Å²) in [6.07, 6.45) is 3.57. The van der Waals surface area contributed by atoms with Crippen molar-refractivity contribution in [1.29, 1.82) is 0 Å². The quantitative estimate of drug-likeness (QED) is 0.886. The van der Waals surface area contributed by atoms with Crippen LogP contribution in [0.15, 0.2) is 16.6 Å². The van der Waals surface area contributed by atoms with E-state index in [2.05, 4.69) is 52.2 Å². The van der Waals surface area contributed by atoms with Crippen LogP contribution in [0.1, 0.15) is 37.6 Å². The second-order valence-electron chi connectivity index (χ2n) is 5.62. The van der Waals surface area contributed by atoms with E-state index < -0.39 is 0 Å². The van der Waals surface area contributed by atoms with Gasteiger partial charge in [0.05, 0.1) is 11.0 Å².